The number of alkyl halides is 3. The second-order valence-corrected chi connectivity index (χ2v) is 12.5. The lowest BCUT2D eigenvalue weighted by Gasteiger charge is -2.40. The van der Waals surface area contributed by atoms with Crippen molar-refractivity contribution in [1.82, 2.24) is 9.80 Å². The fourth-order valence-electron chi connectivity index (χ4n) is 6.91. The van der Waals surface area contributed by atoms with Gasteiger partial charge in [-0.05, 0) is 75.0 Å². The van der Waals surface area contributed by atoms with Crippen LogP contribution in [-0.2, 0) is 10.4 Å². The Labute approximate surface area is 255 Å². The van der Waals surface area contributed by atoms with Crippen LogP contribution in [0.4, 0.5) is 18.9 Å². The zero-order valence-corrected chi connectivity index (χ0v) is 24.9. The quantitative estimate of drug-likeness (QED) is 0.442. The molecule has 3 fully saturated rings. The third-order valence-corrected chi connectivity index (χ3v) is 9.80. The monoisotopic (exact) mass is 621 g/mol. The summed E-state index contributed by atoms with van der Waals surface area (Å²) in [5, 5.41) is 20.6. The zero-order valence-electron chi connectivity index (χ0n) is 24.1. The average molecular weight is 622 g/mol. The number of anilines is 1. The number of carbonyl (C=O) groups is 2. The first kappa shape index (κ1) is 31.6. The highest BCUT2D eigenvalue weighted by Gasteiger charge is 2.62. The Hall–Kier alpha value is -2.82. The van der Waals surface area contributed by atoms with Crippen LogP contribution >= 0.6 is 11.6 Å². The van der Waals surface area contributed by atoms with Crippen molar-refractivity contribution in [2.75, 3.05) is 44.2 Å². The highest BCUT2D eigenvalue weighted by Crippen LogP contribution is 2.41. The van der Waals surface area contributed by atoms with E-state index in [1.165, 1.54) is 12.1 Å². The number of amides is 2. The Morgan fingerprint density at radius 1 is 0.884 bits per heavy atom. The van der Waals surface area contributed by atoms with E-state index in [4.69, 9.17) is 11.6 Å². The Bertz CT molecular complexity index is 1280. The number of likely N-dealkylation sites (tertiary alicyclic amines) is 2. The van der Waals surface area contributed by atoms with E-state index in [0.717, 1.165) is 67.9 Å². The molecule has 2 aromatic carbocycles. The maximum absolute atomic E-state index is 14.0. The minimum Gasteiger partial charge on any atom is -0.394 e. The molecule has 11 heteroatoms. The number of carbonyl (C=O) groups excluding carboxylic acids is 2. The van der Waals surface area contributed by atoms with Gasteiger partial charge in [-0.15, -0.1) is 0 Å². The van der Waals surface area contributed by atoms with E-state index in [-0.39, 0.29) is 31.6 Å². The van der Waals surface area contributed by atoms with Crippen molar-refractivity contribution >= 4 is 29.1 Å². The first-order valence-electron chi connectivity index (χ1n) is 15.1. The van der Waals surface area contributed by atoms with Gasteiger partial charge < -0.3 is 24.9 Å². The van der Waals surface area contributed by atoms with Crippen LogP contribution in [0, 0.1) is 11.8 Å². The van der Waals surface area contributed by atoms with E-state index in [2.05, 4.69) is 4.90 Å². The van der Waals surface area contributed by atoms with E-state index < -0.39 is 23.2 Å². The van der Waals surface area contributed by atoms with Crippen LogP contribution < -0.4 is 4.90 Å². The minimum atomic E-state index is -5.13. The molecule has 234 valence electrons. The molecule has 3 aliphatic rings. The summed E-state index contributed by atoms with van der Waals surface area (Å²) in [5.74, 6) is -0.674. The van der Waals surface area contributed by atoms with Gasteiger partial charge >= 0.3 is 6.18 Å². The second-order valence-electron chi connectivity index (χ2n) is 12.1. The maximum Gasteiger partial charge on any atom is 0.430 e. The van der Waals surface area contributed by atoms with Crippen LogP contribution in [0.2, 0.25) is 5.02 Å². The molecule has 1 unspecified atom stereocenters. The molecule has 0 radical (unpaired) electrons. The maximum atomic E-state index is 14.0. The molecule has 7 nitrogen and oxygen atoms in total. The van der Waals surface area contributed by atoms with Crippen molar-refractivity contribution in [1.29, 1.82) is 0 Å². The standard InChI is InChI=1S/C32H39ClF3N3O4/c33-28-20-25(8-9-27(28)29(41)39-14-4-7-26(39)21-40)37-15-10-22(11-16-37)19-23-12-17-38(18-13-23)30(42)31(43,32(34,35)36)24-5-2-1-3-6-24/h1-3,5-6,8-9,20,22-23,26,40,43H,4,7,10-19,21H2/t26-,31?/m0/s1. The number of rotatable bonds is 7. The first-order chi connectivity index (χ1) is 20.5. The topological polar surface area (TPSA) is 84.3 Å². The van der Waals surface area contributed by atoms with Gasteiger partial charge in [0.15, 0.2) is 0 Å². The third kappa shape index (κ3) is 6.51. The molecule has 3 saturated heterocycles. The smallest absolute Gasteiger partial charge is 0.394 e. The SMILES string of the molecule is O=C(c1ccc(N2CCC(CC3CCN(C(=O)C(O)(c4ccccc4)C(F)(F)F)CC3)CC2)cc1Cl)N1CCC[C@H]1CO. The molecule has 0 spiro atoms. The summed E-state index contributed by atoms with van der Waals surface area (Å²) < 4.78 is 41.9. The van der Waals surface area contributed by atoms with Gasteiger partial charge in [-0.2, -0.15) is 13.2 Å². The number of hydrogen-bond donors (Lipinski definition) is 2. The molecular weight excluding hydrogens is 583 g/mol. The van der Waals surface area contributed by atoms with E-state index >= 15 is 0 Å². The summed E-state index contributed by atoms with van der Waals surface area (Å²) in [4.78, 5) is 31.1. The Morgan fingerprint density at radius 2 is 1.51 bits per heavy atom. The van der Waals surface area contributed by atoms with Gasteiger partial charge in [0.05, 0.1) is 23.2 Å². The zero-order chi connectivity index (χ0) is 30.8. The summed E-state index contributed by atoms with van der Waals surface area (Å²) in [5.41, 5.74) is -2.62. The molecule has 2 N–H and O–H groups in total. The van der Waals surface area contributed by atoms with Gasteiger partial charge in [0.25, 0.3) is 17.4 Å². The number of piperidine rings is 2. The number of hydrogen-bond acceptors (Lipinski definition) is 5. The molecule has 0 saturated carbocycles. The molecule has 43 heavy (non-hydrogen) atoms. The highest BCUT2D eigenvalue weighted by molar-refractivity contribution is 6.34. The van der Waals surface area contributed by atoms with Crippen molar-refractivity contribution < 1.29 is 33.0 Å². The van der Waals surface area contributed by atoms with Gasteiger partial charge in [-0.3, -0.25) is 9.59 Å². The van der Waals surface area contributed by atoms with Crippen molar-refractivity contribution in [2.45, 2.75) is 62.8 Å². The third-order valence-electron chi connectivity index (χ3n) is 9.49. The van der Waals surface area contributed by atoms with Crippen molar-refractivity contribution in [3.63, 3.8) is 0 Å². The normalized spacial score (nSPS) is 22.1. The lowest BCUT2D eigenvalue weighted by Crippen LogP contribution is -2.57. The van der Waals surface area contributed by atoms with Crippen LogP contribution in [0.25, 0.3) is 0 Å². The molecule has 5 rings (SSSR count). The van der Waals surface area contributed by atoms with Crippen molar-refractivity contribution in [3.8, 4) is 0 Å². The molecule has 0 aromatic heterocycles. The molecule has 3 heterocycles. The fourth-order valence-corrected chi connectivity index (χ4v) is 7.16. The number of aliphatic hydroxyl groups excluding tert-OH is 1. The van der Waals surface area contributed by atoms with Crippen LogP contribution in [0.1, 0.15) is 60.9 Å². The van der Waals surface area contributed by atoms with Crippen molar-refractivity contribution in [2.24, 2.45) is 11.8 Å². The predicted molar refractivity (Wildman–Crippen MR) is 158 cm³/mol. The molecule has 2 aromatic rings. The summed E-state index contributed by atoms with van der Waals surface area (Å²) in [6, 6.07) is 11.9. The van der Waals surface area contributed by atoms with Gasteiger partial charge in [0.2, 0.25) is 0 Å². The van der Waals surface area contributed by atoms with E-state index in [0.29, 0.717) is 41.8 Å². The summed E-state index contributed by atoms with van der Waals surface area (Å²) in [6.07, 6.45) is 0.619. The summed E-state index contributed by atoms with van der Waals surface area (Å²) in [7, 11) is 0. The van der Waals surface area contributed by atoms with Crippen LogP contribution in [0.15, 0.2) is 48.5 Å². The van der Waals surface area contributed by atoms with Crippen LogP contribution in [0.5, 0.6) is 0 Å². The average Bonchev–Trinajstić information content (AvgIpc) is 3.50. The number of aliphatic hydroxyl groups is 2. The minimum absolute atomic E-state index is 0.0523. The van der Waals surface area contributed by atoms with E-state index in [9.17, 15) is 33.0 Å². The van der Waals surface area contributed by atoms with E-state index in [1.54, 1.807) is 17.0 Å². The van der Waals surface area contributed by atoms with Crippen LogP contribution in [0.3, 0.4) is 0 Å². The molecule has 2 atom stereocenters. The molecule has 2 amide bonds. The Balaban J connectivity index is 1.12. The highest BCUT2D eigenvalue weighted by atomic mass is 35.5. The van der Waals surface area contributed by atoms with Gasteiger partial charge in [0.1, 0.15) is 0 Å². The largest absolute Gasteiger partial charge is 0.430 e. The molecule has 0 aliphatic carbocycles. The lowest BCUT2D eigenvalue weighted by molar-refractivity contribution is -0.262. The molecule has 3 aliphatic heterocycles. The van der Waals surface area contributed by atoms with Gasteiger partial charge in [0, 0.05) is 44.0 Å². The van der Waals surface area contributed by atoms with Crippen molar-refractivity contribution in [3.05, 3.63) is 64.7 Å². The number of halogens is 4. The number of benzene rings is 2. The number of nitrogens with zero attached hydrogens (tertiary/aromatic N) is 3. The van der Waals surface area contributed by atoms with E-state index in [1.807, 2.05) is 12.1 Å². The summed E-state index contributed by atoms with van der Waals surface area (Å²) >= 11 is 6.55. The predicted octanol–water partition coefficient (Wildman–Crippen LogP) is 5.23. The fraction of sp³-hybridized carbons (Fsp3) is 0.562. The Kier molecular flexibility index (Phi) is 9.58. The van der Waals surface area contributed by atoms with Crippen LogP contribution in [-0.4, -0.2) is 83.4 Å². The molecular formula is C32H39ClF3N3O4. The first-order valence-corrected chi connectivity index (χ1v) is 15.5. The van der Waals surface area contributed by atoms with Gasteiger partial charge in [-0.1, -0.05) is 41.9 Å². The van der Waals surface area contributed by atoms with Gasteiger partial charge in [-0.25, -0.2) is 0 Å². The molecule has 0 bridgehead atoms. The summed E-state index contributed by atoms with van der Waals surface area (Å²) in [6.45, 7) is 2.61. The Morgan fingerprint density at radius 3 is 2.09 bits per heavy atom. The lowest BCUT2D eigenvalue weighted by atomic mass is 9.82. The second kappa shape index (κ2) is 13.0.